The predicted octanol–water partition coefficient (Wildman–Crippen LogP) is 4.21. The molecule has 4 rings (SSSR count). The molecule has 10 heteroatoms. The number of rotatable bonds is 7. The second-order valence-corrected chi connectivity index (χ2v) is 9.42. The maximum atomic E-state index is 12.7. The molecule has 0 atom stereocenters. The molecule has 0 amide bonds. The summed E-state index contributed by atoms with van der Waals surface area (Å²) in [6.45, 7) is -0.141. The Bertz CT molecular complexity index is 1470. The van der Waals surface area contributed by atoms with E-state index >= 15 is 0 Å². The Morgan fingerprint density at radius 3 is 2.29 bits per heavy atom. The maximum absolute atomic E-state index is 12.7. The fraction of sp³-hybridized carbons (Fsp3) is 0.0833. The van der Waals surface area contributed by atoms with Crippen molar-refractivity contribution in [1.29, 1.82) is 0 Å². The van der Waals surface area contributed by atoms with E-state index in [4.69, 9.17) is 4.74 Å². The fourth-order valence-corrected chi connectivity index (χ4v) is 4.22. The van der Waals surface area contributed by atoms with Gasteiger partial charge in [0.2, 0.25) is 0 Å². The van der Waals surface area contributed by atoms with Crippen LogP contribution >= 0.6 is 0 Å². The Labute approximate surface area is 195 Å². The predicted molar refractivity (Wildman–Crippen MR) is 124 cm³/mol. The summed E-state index contributed by atoms with van der Waals surface area (Å²) in [4.78, 5) is 22.7. The Morgan fingerprint density at radius 1 is 1.03 bits per heavy atom. The molecule has 0 saturated carbocycles. The third kappa shape index (κ3) is 4.86. The molecule has 9 nitrogen and oxygen atoms in total. The molecule has 34 heavy (non-hydrogen) atoms. The van der Waals surface area contributed by atoms with Gasteiger partial charge in [0, 0.05) is 29.6 Å². The van der Waals surface area contributed by atoms with Gasteiger partial charge in [0.05, 0.1) is 21.9 Å². The molecule has 0 aliphatic heterocycles. The average Bonchev–Trinajstić information content (AvgIpc) is 3.27. The molecule has 1 heterocycles. The number of para-hydroxylation sites is 1. The van der Waals surface area contributed by atoms with Crippen molar-refractivity contribution in [3.63, 3.8) is 0 Å². The zero-order valence-electron chi connectivity index (χ0n) is 18.0. The normalized spacial score (nSPS) is 11.2. The molecule has 0 radical (unpaired) electrons. The summed E-state index contributed by atoms with van der Waals surface area (Å²) in [6, 6.07) is 22.0. The second-order valence-electron chi connectivity index (χ2n) is 7.44. The number of sulfone groups is 1. The molecule has 0 fully saturated rings. The molecule has 0 bridgehead atoms. The van der Waals surface area contributed by atoms with Crippen molar-refractivity contribution in [3.05, 3.63) is 106 Å². The van der Waals surface area contributed by atoms with Gasteiger partial charge in [0.15, 0.2) is 9.84 Å². The standard InChI is InChI=1S/C24H19N3O6S/c1-34(31,32)22-13-12-18(14-21(22)27(29)30)24(28)33-16-19-15-26(20-10-6-3-7-11-20)25-23(19)17-8-4-2-5-9-17/h2-15H,16H2,1H3. The van der Waals surface area contributed by atoms with Gasteiger partial charge in [0.25, 0.3) is 5.69 Å². The third-order valence-electron chi connectivity index (χ3n) is 5.01. The number of nitrogens with zero attached hydrogens (tertiary/aromatic N) is 3. The number of esters is 1. The molecule has 0 unspecified atom stereocenters. The zero-order chi connectivity index (χ0) is 24.3. The summed E-state index contributed by atoms with van der Waals surface area (Å²) in [6.07, 6.45) is 2.61. The minimum Gasteiger partial charge on any atom is -0.457 e. The van der Waals surface area contributed by atoms with Crippen molar-refractivity contribution in [2.75, 3.05) is 6.26 Å². The van der Waals surface area contributed by atoms with E-state index in [9.17, 15) is 23.3 Å². The van der Waals surface area contributed by atoms with Crippen LogP contribution in [-0.4, -0.2) is 35.3 Å². The van der Waals surface area contributed by atoms with Crippen molar-refractivity contribution in [3.8, 4) is 16.9 Å². The molecule has 172 valence electrons. The lowest BCUT2D eigenvalue weighted by Crippen LogP contribution is -2.08. The van der Waals surface area contributed by atoms with E-state index in [2.05, 4.69) is 5.10 Å². The van der Waals surface area contributed by atoms with Crippen molar-refractivity contribution >= 4 is 21.5 Å². The number of carbonyl (C=O) groups is 1. The molecule has 0 aliphatic rings. The first kappa shape index (κ1) is 22.9. The van der Waals surface area contributed by atoms with Gasteiger partial charge in [-0.05, 0) is 24.3 Å². The van der Waals surface area contributed by atoms with E-state index < -0.39 is 31.3 Å². The van der Waals surface area contributed by atoms with Crippen LogP contribution in [0.3, 0.4) is 0 Å². The summed E-state index contributed by atoms with van der Waals surface area (Å²) in [5.74, 6) is -0.824. The monoisotopic (exact) mass is 477 g/mol. The van der Waals surface area contributed by atoms with Crippen molar-refractivity contribution in [2.24, 2.45) is 0 Å². The van der Waals surface area contributed by atoms with Crippen LogP contribution in [0, 0.1) is 10.1 Å². The van der Waals surface area contributed by atoms with Gasteiger partial charge in [-0.3, -0.25) is 10.1 Å². The van der Waals surface area contributed by atoms with E-state index in [1.54, 1.807) is 10.9 Å². The van der Waals surface area contributed by atoms with Crippen LogP contribution in [0.15, 0.2) is 90.0 Å². The number of benzene rings is 3. The van der Waals surface area contributed by atoms with Crippen LogP contribution in [0.5, 0.6) is 0 Å². The van der Waals surface area contributed by atoms with Crippen LogP contribution in [0.2, 0.25) is 0 Å². The van der Waals surface area contributed by atoms with Crippen LogP contribution in [0.1, 0.15) is 15.9 Å². The Kier molecular flexibility index (Phi) is 6.24. The Hall–Kier alpha value is -4.31. The van der Waals surface area contributed by atoms with Gasteiger partial charge in [0.1, 0.15) is 11.5 Å². The maximum Gasteiger partial charge on any atom is 0.338 e. The quantitative estimate of drug-likeness (QED) is 0.222. The zero-order valence-corrected chi connectivity index (χ0v) is 18.8. The highest BCUT2D eigenvalue weighted by atomic mass is 32.2. The van der Waals surface area contributed by atoms with E-state index in [0.29, 0.717) is 11.3 Å². The average molecular weight is 477 g/mol. The van der Waals surface area contributed by atoms with E-state index in [1.165, 1.54) is 6.07 Å². The second kappa shape index (κ2) is 9.28. The smallest absolute Gasteiger partial charge is 0.338 e. The lowest BCUT2D eigenvalue weighted by Gasteiger charge is -2.07. The van der Waals surface area contributed by atoms with Crippen molar-refractivity contribution in [1.82, 2.24) is 9.78 Å². The number of nitro groups is 1. The van der Waals surface area contributed by atoms with Crippen LogP contribution in [0.25, 0.3) is 16.9 Å². The van der Waals surface area contributed by atoms with E-state index in [-0.39, 0.29) is 12.2 Å². The molecule has 4 aromatic rings. The lowest BCUT2D eigenvalue weighted by molar-refractivity contribution is -0.387. The van der Waals surface area contributed by atoms with E-state index in [1.807, 2.05) is 60.7 Å². The van der Waals surface area contributed by atoms with Gasteiger partial charge >= 0.3 is 5.97 Å². The Balaban J connectivity index is 1.63. The summed E-state index contributed by atoms with van der Waals surface area (Å²) >= 11 is 0. The number of ether oxygens (including phenoxy) is 1. The van der Waals surface area contributed by atoms with Crippen molar-refractivity contribution < 1.29 is 22.9 Å². The molecule has 0 spiro atoms. The minimum atomic E-state index is -3.84. The molecule has 0 aliphatic carbocycles. The minimum absolute atomic E-state index is 0.129. The third-order valence-corrected chi connectivity index (χ3v) is 6.15. The highest BCUT2D eigenvalue weighted by Crippen LogP contribution is 2.27. The summed E-state index contributed by atoms with van der Waals surface area (Å²) in [5.41, 5.74) is 2.09. The lowest BCUT2D eigenvalue weighted by atomic mass is 10.1. The highest BCUT2D eigenvalue weighted by molar-refractivity contribution is 7.90. The topological polar surface area (TPSA) is 121 Å². The summed E-state index contributed by atoms with van der Waals surface area (Å²) in [5, 5.41) is 16.0. The fourth-order valence-electron chi connectivity index (χ4n) is 3.39. The summed E-state index contributed by atoms with van der Waals surface area (Å²) in [7, 11) is -3.84. The number of nitro benzene ring substituents is 1. The molecular weight excluding hydrogens is 458 g/mol. The number of hydrogen-bond donors (Lipinski definition) is 0. The van der Waals surface area contributed by atoms with Crippen LogP contribution in [-0.2, 0) is 21.2 Å². The van der Waals surface area contributed by atoms with Gasteiger partial charge in [-0.15, -0.1) is 0 Å². The Morgan fingerprint density at radius 2 is 1.68 bits per heavy atom. The first-order chi connectivity index (χ1) is 16.2. The van der Waals surface area contributed by atoms with Crippen molar-refractivity contribution in [2.45, 2.75) is 11.5 Å². The molecule has 3 aromatic carbocycles. The van der Waals surface area contributed by atoms with Crippen LogP contribution < -0.4 is 0 Å². The van der Waals surface area contributed by atoms with Crippen LogP contribution in [0.4, 0.5) is 5.69 Å². The molecular formula is C24H19N3O6S. The number of aromatic nitrogens is 2. The first-order valence-corrected chi connectivity index (χ1v) is 12.0. The first-order valence-electron chi connectivity index (χ1n) is 10.1. The van der Waals surface area contributed by atoms with Gasteiger partial charge < -0.3 is 4.74 Å². The molecule has 1 aromatic heterocycles. The van der Waals surface area contributed by atoms with Gasteiger partial charge in [-0.25, -0.2) is 17.9 Å². The van der Waals surface area contributed by atoms with Gasteiger partial charge in [-0.2, -0.15) is 5.10 Å². The highest BCUT2D eigenvalue weighted by Gasteiger charge is 2.25. The number of carbonyl (C=O) groups excluding carboxylic acids is 1. The largest absolute Gasteiger partial charge is 0.457 e. The van der Waals surface area contributed by atoms with E-state index in [0.717, 1.165) is 29.6 Å². The molecule has 0 saturated heterocycles. The summed E-state index contributed by atoms with van der Waals surface area (Å²) < 4.78 is 30.7. The SMILES string of the molecule is CS(=O)(=O)c1ccc(C(=O)OCc2cn(-c3ccccc3)nc2-c2ccccc2)cc1[N+](=O)[O-]. The molecule has 0 N–H and O–H groups in total. The van der Waals surface area contributed by atoms with Gasteiger partial charge in [-0.1, -0.05) is 48.5 Å². The number of hydrogen-bond acceptors (Lipinski definition) is 7.